The number of rotatable bonds is 6. The van der Waals surface area contributed by atoms with Crippen LogP contribution in [-0.4, -0.2) is 20.5 Å². The second-order valence-corrected chi connectivity index (χ2v) is 4.83. The van der Waals surface area contributed by atoms with Crippen LogP contribution in [0.25, 0.3) is 0 Å². The minimum Gasteiger partial charge on any atom is -0.368 e. The van der Waals surface area contributed by atoms with E-state index < -0.39 is 0 Å². The maximum atomic E-state index is 8.40. The number of nitrogens with two attached hydrogens (primary N) is 1. The first-order valence-corrected chi connectivity index (χ1v) is 6.35. The molecule has 0 saturated carbocycles. The predicted octanol–water partition coefficient (Wildman–Crippen LogP) is 2.23. The first-order valence-electron chi connectivity index (χ1n) is 5.37. The molecule has 0 aromatic carbocycles. The molecule has 16 heavy (non-hydrogen) atoms. The molecule has 2 N–H and O–H groups in total. The lowest BCUT2D eigenvalue weighted by Crippen LogP contribution is -2.07. The lowest BCUT2D eigenvalue weighted by Gasteiger charge is -2.10. The van der Waals surface area contributed by atoms with E-state index in [9.17, 15) is 0 Å². The molecule has 1 rings (SSSR count). The van der Waals surface area contributed by atoms with E-state index in [1.807, 2.05) is 4.57 Å². The van der Waals surface area contributed by atoms with Gasteiger partial charge in [-0.15, -0.1) is 10.2 Å². The second-order valence-electron chi connectivity index (χ2n) is 3.77. The maximum absolute atomic E-state index is 8.40. The normalized spacial score (nSPS) is 10.6. The van der Waals surface area contributed by atoms with Gasteiger partial charge in [-0.3, -0.25) is 4.57 Å². The summed E-state index contributed by atoms with van der Waals surface area (Å²) in [5.41, 5.74) is 5.73. The average Bonchev–Trinajstić information content (AvgIpc) is 2.59. The van der Waals surface area contributed by atoms with Crippen molar-refractivity contribution in [3.8, 4) is 6.07 Å². The standard InChI is InChI=1S/C10H17N5S/c1-8(2)15-9(12)13-14-10(15)16-7-5-3-4-6-11/h8H,3-5,7H2,1-2H3,(H2,12,13). The van der Waals surface area contributed by atoms with Crippen molar-refractivity contribution in [2.75, 3.05) is 11.5 Å². The zero-order chi connectivity index (χ0) is 12.0. The van der Waals surface area contributed by atoms with Crippen LogP contribution in [0, 0.1) is 11.3 Å². The summed E-state index contributed by atoms with van der Waals surface area (Å²) in [7, 11) is 0. The Kier molecular flexibility index (Phi) is 5.12. The number of nitrogen functional groups attached to an aromatic ring is 1. The minimum atomic E-state index is 0.275. The van der Waals surface area contributed by atoms with Crippen LogP contribution in [0.1, 0.15) is 39.2 Å². The van der Waals surface area contributed by atoms with Crippen LogP contribution in [0.4, 0.5) is 5.95 Å². The van der Waals surface area contributed by atoms with Gasteiger partial charge in [0.25, 0.3) is 0 Å². The molecule has 0 aliphatic rings. The Morgan fingerprint density at radius 3 is 2.81 bits per heavy atom. The molecule has 0 aliphatic heterocycles. The molecule has 0 atom stereocenters. The van der Waals surface area contributed by atoms with Gasteiger partial charge in [-0.05, 0) is 26.7 Å². The van der Waals surface area contributed by atoms with Gasteiger partial charge in [0, 0.05) is 18.2 Å². The van der Waals surface area contributed by atoms with E-state index in [0.29, 0.717) is 12.4 Å². The molecule has 1 aromatic rings. The fourth-order valence-electron chi connectivity index (χ4n) is 1.34. The zero-order valence-corrected chi connectivity index (χ0v) is 10.5. The SMILES string of the molecule is CC(C)n1c(N)nnc1SCCCCC#N. The summed E-state index contributed by atoms with van der Waals surface area (Å²) in [5.74, 6) is 1.42. The number of hydrogen-bond donors (Lipinski definition) is 1. The van der Waals surface area contributed by atoms with Crippen LogP contribution < -0.4 is 5.73 Å². The molecule has 0 radical (unpaired) electrons. The summed E-state index contributed by atoms with van der Waals surface area (Å²) in [5, 5.41) is 17.2. The lowest BCUT2D eigenvalue weighted by atomic mass is 10.3. The first-order chi connectivity index (χ1) is 7.66. The van der Waals surface area contributed by atoms with Crippen LogP contribution in [0.5, 0.6) is 0 Å². The van der Waals surface area contributed by atoms with Crippen LogP contribution >= 0.6 is 11.8 Å². The molecule has 0 saturated heterocycles. The Balaban J connectivity index is 2.45. The molecule has 0 spiro atoms. The van der Waals surface area contributed by atoms with E-state index in [1.54, 1.807) is 11.8 Å². The van der Waals surface area contributed by atoms with E-state index in [1.165, 1.54) is 0 Å². The van der Waals surface area contributed by atoms with E-state index in [2.05, 4.69) is 30.1 Å². The van der Waals surface area contributed by atoms with Crippen molar-refractivity contribution in [3.05, 3.63) is 0 Å². The lowest BCUT2D eigenvalue weighted by molar-refractivity contribution is 0.557. The molecular formula is C10H17N5S. The summed E-state index contributed by atoms with van der Waals surface area (Å²) in [6, 6.07) is 2.41. The van der Waals surface area contributed by atoms with Crippen molar-refractivity contribution in [2.24, 2.45) is 0 Å². The summed E-state index contributed by atoms with van der Waals surface area (Å²) in [6.07, 6.45) is 2.58. The van der Waals surface area contributed by atoms with Gasteiger partial charge in [-0.2, -0.15) is 5.26 Å². The largest absolute Gasteiger partial charge is 0.368 e. The number of hydrogen-bond acceptors (Lipinski definition) is 5. The molecule has 0 unspecified atom stereocenters. The zero-order valence-electron chi connectivity index (χ0n) is 9.68. The van der Waals surface area contributed by atoms with Crippen molar-refractivity contribution in [3.63, 3.8) is 0 Å². The van der Waals surface area contributed by atoms with Gasteiger partial charge >= 0.3 is 0 Å². The summed E-state index contributed by atoms with van der Waals surface area (Å²) < 4.78 is 1.93. The Hall–Kier alpha value is -1.22. The summed E-state index contributed by atoms with van der Waals surface area (Å²) >= 11 is 1.65. The van der Waals surface area contributed by atoms with Crippen molar-refractivity contribution >= 4 is 17.7 Å². The first kappa shape index (κ1) is 12.8. The van der Waals surface area contributed by atoms with Gasteiger partial charge in [-0.1, -0.05) is 11.8 Å². The number of nitriles is 1. The highest BCUT2D eigenvalue weighted by Gasteiger charge is 2.12. The van der Waals surface area contributed by atoms with Crippen LogP contribution in [0.3, 0.4) is 0 Å². The molecule has 6 heteroatoms. The van der Waals surface area contributed by atoms with E-state index >= 15 is 0 Å². The van der Waals surface area contributed by atoms with Crippen LogP contribution in [0.2, 0.25) is 0 Å². The van der Waals surface area contributed by atoms with Crippen LogP contribution in [-0.2, 0) is 0 Å². The molecule has 5 nitrogen and oxygen atoms in total. The second kappa shape index (κ2) is 6.38. The van der Waals surface area contributed by atoms with Gasteiger partial charge in [0.05, 0.1) is 6.07 Å². The summed E-state index contributed by atoms with van der Waals surface area (Å²) in [4.78, 5) is 0. The van der Waals surface area contributed by atoms with Crippen molar-refractivity contribution in [1.29, 1.82) is 5.26 Å². The minimum absolute atomic E-state index is 0.275. The quantitative estimate of drug-likeness (QED) is 0.608. The Labute approximate surface area is 100 Å². The third-order valence-electron chi connectivity index (χ3n) is 2.12. The fraction of sp³-hybridized carbons (Fsp3) is 0.700. The molecule has 0 amide bonds. The van der Waals surface area contributed by atoms with Crippen molar-refractivity contribution < 1.29 is 0 Å². The van der Waals surface area contributed by atoms with Crippen molar-refractivity contribution in [1.82, 2.24) is 14.8 Å². The van der Waals surface area contributed by atoms with Crippen LogP contribution in [0.15, 0.2) is 5.16 Å². The number of nitrogens with zero attached hydrogens (tertiary/aromatic N) is 4. The molecule has 1 aromatic heterocycles. The highest BCUT2D eigenvalue weighted by Crippen LogP contribution is 2.23. The molecule has 0 aliphatic carbocycles. The van der Waals surface area contributed by atoms with Gasteiger partial charge in [0.15, 0.2) is 5.16 Å². The fourth-order valence-corrected chi connectivity index (χ4v) is 2.41. The van der Waals surface area contributed by atoms with Gasteiger partial charge in [-0.25, -0.2) is 0 Å². The molecular weight excluding hydrogens is 222 g/mol. The average molecular weight is 239 g/mol. The van der Waals surface area contributed by atoms with Gasteiger partial charge < -0.3 is 5.73 Å². The Bertz CT molecular complexity index is 366. The smallest absolute Gasteiger partial charge is 0.222 e. The number of thioether (sulfide) groups is 1. The molecule has 0 fully saturated rings. The monoisotopic (exact) mass is 239 g/mol. The highest BCUT2D eigenvalue weighted by atomic mass is 32.2. The predicted molar refractivity (Wildman–Crippen MR) is 65.0 cm³/mol. The molecule has 0 bridgehead atoms. The van der Waals surface area contributed by atoms with Crippen molar-refractivity contribution in [2.45, 2.75) is 44.3 Å². The topological polar surface area (TPSA) is 80.5 Å². The van der Waals surface area contributed by atoms with E-state index in [4.69, 9.17) is 11.0 Å². The molecule has 88 valence electrons. The number of aromatic nitrogens is 3. The Morgan fingerprint density at radius 2 is 2.19 bits per heavy atom. The Morgan fingerprint density at radius 1 is 1.44 bits per heavy atom. The number of anilines is 1. The number of unbranched alkanes of at least 4 members (excludes halogenated alkanes) is 2. The highest BCUT2D eigenvalue weighted by molar-refractivity contribution is 7.99. The maximum Gasteiger partial charge on any atom is 0.222 e. The van der Waals surface area contributed by atoms with Gasteiger partial charge in [0.2, 0.25) is 5.95 Å². The molecule has 1 heterocycles. The van der Waals surface area contributed by atoms with E-state index in [-0.39, 0.29) is 6.04 Å². The third-order valence-corrected chi connectivity index (χ3v) is 3.15. The van der Waals surface area contributed by atoms with E-state index in [0.717, 1.165) is 23.8 Å². The third kappa shape index (κ3) is 3.42. The van der Waals surface area contributed by atoms with Gasteiger partial charge in [0.1, 0.15) is 0 Å². The summed E-state index contributed by atoms with van der Waals surface area (Å²) in [6.45, 7) is 4.11.